The van der Waals surface area contributed by atoms with Crippen molar-refractivity contribution >= 4 is 10.1 Å². The van der Waals surface area contributed by atoms with Crippen molar-refractivity contribution in [1.29, 1.82) is 0 Å². The Balaban J connectivity index is 0. The SMILES string of the molecule is O=S(=O)([O-])C(F)(F)C(F)(F)C(F)(F)C(F)(F)C(F)CCCC(F)(F)F.[K+]. The standard InChI is InChI=1S/C9H8F12O3S.K/c10-4(2-1-3-5(11,12)13)6(14,15)7(16,17)8(18,19)9(20,21)25(22,23)24;/h4H,1-3H2,(H,22,23,24);/q;+1/p-1. The molecule has 0 aliphatic rings. The number of hydrogen-bond acceptors (Lipinski definition) is 3. The average molecular weight is 462 g/mol. The Morgan fingerprint density at radius 3 is 1.50 bits per heavy atom. The van der Waals surface area contributed by atoms with Crippen LogP contribution >= 0.6 is 0 Å². The van der Waals surface area contributed by atoms with Crippen molar-refractivity contribution in [2.75, 3.05) is 0 Å². The molecule has 0 amide bonds. The topological polar surface area (TPSA) is 57.2 Å². The van der Waals surface area contributed by atoms with E-state index in [2.05, 4.69) is 0 Å². The summed E-state index contributed by atoms with van der Waals surface area (Å²) in [5.41, 5.74) is 0. The Kier molecular flexibility index (Phi) is 9.57. The fourth-order valence-corrected chi connectivity index (χ4v) is 1.85. The minimum Gasteiger partial charge on any atom is -0.743 e. The summed E-state index contributed by atoms with van der Waals surface area (Å²) in [6, 6.07) is 0. The van der Waals surface area contributed by atoms with E-state index in [1.807, 2.05) is 0 Å². The van der Waals surface area contributed by atoms with Crippen molar-refractivity contribution in [3.8, 4) is 0 Å². The van der Waals surface area contributed by atoms with Gasteiger partial charge < -0.3 is 4.55 Å². The van der Waals surface area contributed by atoms with E-state index in [9.17, 15) is 65.7 Å². The number of halogens is 12. The third kappa shape index (κ3) is 5.62. The first-order chi connectivity index (χ1) is 10.6. The van der Waals surface area contributed by atoms with Crippen molar-refractivity contribution in [2.45, 2.75) is 54.6 Å². The quantitative estimate of drug-likeness (QED) is 0.309. The minimum absolute atomic E-state index is 0. The van der Waals surface area contributed by atoms with Crippen LogP contribution < -0.4 is 51.4 Å². The molecule has 0 fully saturated rings. The molecule has 0 saturated heterocycles. The van der Waals surface area contributed by atoms with Crippen LogP contribution in [-0.4, -0.2) is 48.3 Å². The summed E-state index contributed by atoms with van der Waals surface area (Å²) >= 11 is 0. The van der Waals surface area contributed by atoms with Crippen molar-refractivity contribution < 1.29 is 117 Å². The fourth-order valence-electron chi connectivity index (χ4n) is 1.41. The van der Waals surface area contributed by atoms with Crippen molar-refractivity contribution in [1.82, 2.24) is 0 Å². The smallest absolute Gasteiger partial charge is 0.743 e. The first-order valence-electron chi connectivity index (χ1n) is 5.80. The van der Waals surface area contributed by atoms with Gasteiger partial charge in [0.2, 0.25) is 0 Å². The summed E-state index contributed by atoms with van der Waals surface area (Å²) in [5, 5.41) is -7.25. The Morgan fingerprint density at radius 1 is 0.808 bits per heavy atom. The van der Waals surface area contributed by atoms with Gasteiger partial charge in [0.1, 0.15) is 0 Å². The molecule has 0 aliphatic heterocycles. The molecule has 0 radical (unpaired) electrons. The maximum Gasteiger partial charge on any atom is 1.00 e. The number of rotatable bonds is 8. The number of hydrogen-bond donors (Lipinski definition) is 0. The van der Waals surface area contributed by atoms with Gasteiger partial charge in [0.15, 0.2) is 16.3 Å². The molecular formula is C9H7F12KO3S. The van der Waals surface area contributed by atoms with Crippen LogP contribution in [0.3, 0.4) is 0 Å². The largest absolute Gasteiger partial charge is 1.00 e. The second-order valence-electron chi connectivity index (χ2n) is 4.72. The number of alkyl halides is 12. The van der Waals surface area contributed by atoms with Gasteiger partial charge in [-0.3, -0.25) is 0 Å². The van der Waals surface area contributed by atoms with Crippen LogP contribution in [0.15, 0.2) is 0 Å². The Hall–Kier alpha value is 0.706. The predicted octanol–water partition coefficient (Wildman–Crippen LogP) is 1.10. The molecule has 26 heavy (non-hydrogen) atoms. The van der Waals surface area contributed by atoms with Crippen LogP contribution in [0.25, 0.3) is 0 Å². The van der Waals surface area contributed by atoms with Crippen LogP contribution in [0.5, 0.6) is 0 Å². The van der Waals surface area contributed by atoms with Gasteiger partial charge in [-0.15, -0.1) is 0 Å². The molecule has 0 aromatic rings. The summed E-state index contributed by atoms with van der Waals surface area (Å²) in [5.74, 6) is -21.7. The maximum absolute atomic E-state index is 13.1. The summed E-state index contributed by atoms with van der Waals surface area (Å²) in [7, 11) is -7.58. The minimum atomic E-state index is -7.58. The molecule has 0 N–H and O–H groups in total. The monoisotopic (exact) mass is 462 g/mol. The van der Waals surface area contributed by atoms with E-state index in [0.717, 1.165) is 0 Å². The molecule has 0 bridgehead atoms. The van der Waals surface area contributed by atoms with Crippen LogP contribution in [0.4, 0.5) is 52.7 Å². The molecule has 17 heteroatoms. The molecule has 0 aromatic heterocycles. The maximum atomic E-state index is 13.1. The van der Waals surface area contributed by atoms with E-state index in [0.29, 0.717) is 0 Å². The third-order valence-corrected chi connectivity index (χ3v) is 3.69. The van der Waals surface area contributed by atoms with E-state index in [1.165, 1.54) is 0 Å². The van der Waals surface area contributed by atoms with E-state index >= 15 is 0 Å². The summed E-state index contributed by atoms with van der Waals surface area (Å²) in [6.07, 6.45) is -15.2. The Bertz CT molecular complexity index is 573. The summed E-state index contributed by atoms with van der Waals surface area (Å²) in [6.45, 7) is 0. The van der Waals surface area contributed by atoms with Crippen LogP contribution in [-0.2, 0) is 10.1 Å². The van der Waals surface area contributed by atoms with E-state index in [4.69, 9.17) is 0 Å². The molecule has 1 atom stereocenters. The first kappa shape index (κ1) is 28.9. The molecule has 0 aliphatic carbocycles. The zero-order valence-corrected chi connectivity index (χ0v) is 16.3. The van der Waals surface area contributed by atoms with Gasteiger partial charge in [0.05, 0.1) is 0 Å². The van der Waals surface area contributed by atoms with Crippen molar-refractivity contribution in [3.63, 3.8) is 0 Å². The van der Waals surface area contributed by atoms with E-state index in [1.54, 1.807) is 0 Å². The van der Waals surface area contributed by atoms with Gasteiger partial charge in [0.25, 0.3) is 0 Å². The van der Waals surface area contributed by atoms with Crippen molar-refractivity contribution in [3.05, 3.63) is 0 Å². The van der Waals surface area contributed by atoms with Gasteiger partial charge >= 0.3 is 80.6 Å². The second-order valence-corrected chi connectivity index (χ2v) is 6.14. The van der Waals surface area contributed by atoms with Gasteiger partial charge in [-0.25, -0.2) is 12.8 Å². The van der Waals surface area contributed by atoms with Gasteiger partial charge in [-0.2, -0.15) is 48.3 Å². The molecule has 0 heterocycles. The zero-order chi connectivity index (χ0) is 20.7. The van der Waals surface area contributed by atoms with Crippen LogP contribution in [0, 0.1) is 0 Å². The molecule has 3 nitrogen and oxygen atoms in total. The Morgan fingerprint density at radius 2 is 1.19 bits per heavy atom. The van der Waals surface area contributed by atoms with Crippen LogP contribution in [0.1, 0.15) is 19.3 Å². The average Bonchev–Trinajstić information content (AvgIpc) is 2.34. The third-order valence-electron chi connectivity index (χ3n) is 2.80. The molecular weight excluding hydrogens is 455 g/mol. The second kappa shape index (κ2) is 8.60. The molecule has 0 aromatic carbocycles. The van der Waals surface area contributed by atoms with E-state index in [-0.39, 0.29) is 51.4 Å². The molecule has 1 unspecified atom stereocenters. The predicted molar refractivity (Wildman–Crippen MR) is 54.3 cm³/mol. The van der Waals surface area contributed by atoms with Gasteiger partial charge in [-0.1, -0.05) is 0 Å². The Labute approximate surface area is 180 Å². The first-order valence-corrected chi connectivity index (χ1v) is 7.21. The van der Waals surface area contributed by atoms with Crippen molar-refractivity contribution in [2.24, 2.45) is 0 Å². The van der Waals surface area contributed by atoms with Crippen LogP contribution in [0.2, 0.25) is 0 Å². The zero-order valence-electron chi connectivity index (χ0n) is 12.4. The molecule has 152 valence electrons. The van der Waals surface area contributed by atoms with Gasteiger partial charge in [-0.05, 0) is 12.8 Å². The summed E-state index contributed by atoms with van der Waals surface area (Å²) < 4.78 is 182. The molecule has 0 saturated carbocycles. The van der Waals surface area contributed by atoms with Gasteiger partial charge in [0, 0.05) is 6.42 Å². The van der Waals surface area contributed by atoms with E-state index < -0.39 is 64.8 Å². The fraction of sp³-hybridized carbons (Fsp3) is 1.00. The molecule has 0 rings (SSSR count). The summed E-state index contributed by atoms with van der Waals surface area (Å²) in [4.78, 5) is 0. The normalized spacial score (nSPS) is 16.2. The molecule has 0 spiro atoms.